The first-order chi connectivity index (χ1) is 9.16. The van der Waals surface area contributed by atoms with Crippen molar-refractivity contribution in [1.29, 1.82) is 0 Å². The number of thiazole rings is 1. The minimum Gasteiger partial charge on any atom is -0.478 e. The molecule has 0 saturated heterocycles. The van der Waals surface area contributed by atoms with Crippen LogP contribution in [-0.4, -0.2) is 22.0 Å². The van der Waals surface area contributed by atoms with Gasteiger partial charge in [-0.25, -0.2) is 9.78 Å². The highest BCUT2D eigenvalue weighted by Gasteiger charge is 2.12. The molecule has 0 bridgehead atoms. The number of carboxylic acids is 1. The molecule has 19 heavy (non-hydrogen) atoms. The second-order valence-corrected chi connectivity index (χ2v) is 4.82. The molecule has 0 spiro atoms. The average molecular weight is 276 g/mol. The van der Waals surface area contributed by atoms with E-state index in [1.165, 1.54) is 17.4 Å². The van der Waals surface area contributed by atoms with Crippen molar-refractivity contribution < 1.29 is 14.7 Å². The van der Waals surface area contributed by atoms with Gasteiger partial charge in [-0.3, -0.25) is 4.79 Å². The molecule has 0 fully saturated rings. The Morgan fingerprint density at radius 1 is 1.32 bits per heavy atom. The van der Waals surface area contributed by atoms with E-state index >= 15 is 0 Å². The summed E-state index contributed by atoms with van der Waals surface area (Å²) in [6.07, 6.45) is 1.72. The van der Waals surface area contributed by atoms with E-state index in [4.69, 9.17) is 5.11 Å². The average Bonchev–Trinajstić information content (AvgIpc) is 2.90. The maximum atomic E-state index is 11.8. The number of carboxylic acid groups (broad SMARTS) is 1. The Morgan fingerprint density at radius 2 is 2.11 bits per heavy atom. The topological polar surface area (TPSA) is 79.3 Å². The second-order valence-electron chi connectivity index (χ2n) is 3.84. The van der Waals surface area contributed by atoms with E-state index in [9.17, 15) is 9.59 Å². The first-order valence-corrected chi connectivity index (χ1v) is 6.51. The van der Waals surface area contributed by atoms with E-state index in [0.29, 0.717) is 12.1 Å². The lowest BCUT2D eigenvalue weighted by Crippen LogP contribution is -2.25. The Morgan fingerprint density at radius 3 is 2.79 bits per heavy atom. The van der Waals surface area contributed by atoms with Crippen molar-refractivity contribution in [3.63, 3.8) is 0 Å². The molecular weight excluding hydrogens is 264 g/mol. The monoisotopic (exact) mass is 276 g/mol. The van der Waals surface area contributed by atoms with Gasteiger partial charge in [-0.05, 0) is 11.6 Å². The van der Waals surface area contributed by atoms with E-state index in [1.54, 1.807) is 24.4 Å². The maximum Gasteiger partial charge on any atom is 0.335 e. The minimum absolute atomic E-state index is 0.0495. The van der Waals surface area contributed by atoms with Gasteiger partial charge in [0.2, 0.25) is 5.91 Å². The summed E-state index contributed by atoms with van der Waals surface area (Å²) in [6.45, 7) is 0.367. The van der Waals surface area contributed by atoms with E-state index in [-0.39, 0.29) is 17.9 Å². The zero-order valence-corrected chi connectivity index (χ0v) is 10.8. The fourth-order valence-electron chi connectivity index (χ4n) is 1.63. The number of aromatic nitrogens is 1. The van der Waals surface area contributed by atoms with Gasteiger partial charge in [0, 0.05) is 11.6 Å². The summed E-state index contributed by atoms with van der Waals surface area (Å²) in [5.41, 5.74) is 0.665. The van der Waals surface area contributed by atoms with Crippen LogP contribution >= 0.6 is 11.3 Å². The molecule has 1 amide bonds. The first kappa shape index (κ1) is 13.2. The van der Waals surface area contributed by atoms with E-state index in [0.717, 1.165) is 5.01 Å². The van der Waals surface area contributed by atoms with Crippen LogP contribution < -0.4 is 5.32 Å². The zero-order chi connectivity index (χ0) is 13.7. The lowest BCUT2D eigenvalue weighted by Gasteiger charge is -2.06. The van der Waals surface area contributed by atoms with Crippen LogP contribution in [0.2, 0.25) is 0 Å². The van der Waals surface area contributed by atoms with Crippen LogP contribution in [0.15, 0.2) is 35.8 Å². The Labute approximate surface area is 113 Å². The smallest absolute Gasteiger partial charge is 0.335 e. The molecule has 1 aromatic carbocycles. The zero-order valence-electron chi connectivity index (χ0n) is 10.00. The summed E-state index contributed by atoms with van der Waals surface area (Å²) in [6, 6.07) is 6.49. The summed E-state index contributed by atoms with van der Waals surface area (Å²) >= 11 is 1.46. The predicted octanol–water partition coefficient (Wildman–Crippen LogP) is 1.70. The standard InChI is InChI=1S/C13H12N2O3S/c16-11(15-8-12-14-5-6-19-12)7-9-3-1-2-4-10(9)13(17)18/h1-6H,7-8H2,(H,15,16)(H,17,18). The van der Waals surface area contributed by atoms with Crippen LogP contribution in [0.5, 0.6) is 0 Å². The summed E-state index contributed by atoms with van der Waals surface area (Å²) in [7, 11) is 0. The molecule has 0 aliphatic carbocycles. The van der Waals surface area contributed by atoms with E-state index in [2.05, 4.69) is 10.3 Å². The van der Waals surface area contributed by atoms with Crippen molar-refractivity contribution in [2.24, 2.45) is 0 Å². The number of carbonyl (C=O) groups excluding carboxylic acids is 1. The molecular formula is C13H12N2O3S. The van der Waals surface area contributed by atoms with Gasteiger partial charge >= 0.3 is 5.97 Å². The Balaban J connectivity index is 1.97. The van der Waals surface area contributed by atoms with E-state index in [1.807, 2.05) is 5.38 Å². The molecule has 0 saturated carbocycles. The molecule has 0 atom stereocenters. The molecule has 98 valence electrons. The molecule has 5 nitrogen and oxygen atoms in total. The molecule has 2 rings (SSSR count). The molecule has 0 radical (unpaired) electrons. The number of rotatable bonds is 5. The highest BCUT2D eigenvalue weighted by Crippen LogP contribution is 2.10. The number of carbonyl (C=O) groups is 2. The fraction of sp³-hybridized carbons (Fsp3) is 0.154. The second kappa shape index (κ2) is 6.10. The molecule has 0 unspecified atom stereocenters. The predicted molar refractivity (Wildman–Crippen MR) is 71.1 cm³/mol. The number of aromatic carboxylic acids is 1. The van der Waals surface area contributed by atoms with Crippen molar-refractivity contribution >= 4 is 23.2 Å². The first-order valence-electron chi connectivity index (χ1n) is 5.63. The molecule has 1 heterocycles. The van der Waals surface area contributed by atoms with Crippen LogP contribution in [0.25, 0.3) is 0 Å². The number of hydrogen-bond acceptors (Lipinski definition) is 4. The van der Waals surface area contributed by atoms with Crippen molar-refractivity contribution in [3.05, 3.63) is 52.0 Å². The molecule has 2 aromatic rings. The van der Waals surface area contributed by atoms with Crippen LogP contribution in [0.1, 0.15) is 20.9 Å². The fourth-order valence-corrected chi connectivity index (χ4v) is 2.19. The number of benzene rings is 1. The maximum absolute atomic E-state index is 11.8. The largest absolute Gasteiger partial charge is 0.478 e. The quantitative estimate of drug-likeness (QED) is 0.871. The molecule has 2 N–H and O–H groups in total. The van der Waals surface area contributed by atoms with Gasteiger partial charge in [0.15, 0.2) is 0 Å². The third-order valence-corrected chi connectivity index (χ3v) is 3.30. The van der Waals surface area contributed by atoms with Gasteiger partial charge in [-0.2, -0.15) is 0 Å². The third kappa shape index (κ3) is 3.62. The summed E-state index contributed by atoms with van der Waals surface area (Å²) < 4.78 is 0. The number of nitrogens with one attached hydrogen (secondary N) is 1. The molecule has 1 aromatic heterocycles. The molecule has 6 heteroatoms. The van der Waals surface area contributed by atoms with Gasteiger partial charge in [0.25, 0.3) is 0 Å². The van der Waals surface area contributed by atoms with Gasteiger partial charge in [0.05, 0.1) is 18.5 Å². The third-order valence-electron chi connectivity index (χ3n) is 2.52. The number of amides is 1. The van der Waals surface area contributed by atoms with Crippen LogP contribution in [0.3, 0.4) is 0 Å². The van der Waals surface area contributed by atoms with Crippen molar-refractivity contribution in [2.75, 3.05) is 0 Å². The SMILES string of the molecule is O=C(Cc1ccccc1C(=O)O)NCc1nccs1. The van der Waals surface area contributed by atoms with Gasteiger partial charge in [-0.15, -0.1) is 11.3 Å². The van der Waals surface area contributed by atoms with Crippen LogP contribution in [0.4, 0.5) is 0 Å². The molecule has 0 aliphatic heterocycles. The van der Waals surface area contributed by atoms with E-state index < -0.39 is 5.97 Å². The van der Waals surface area contributed by atoms with Crippen molar-refractivity contribution in [2.45, 2.75) is 13.0 Å². The summed E-state index contributed by atoms with van der Waals surface area (Å²) in [5.74, 6) is -1.24. The lowest BCUT2D eigenvalue weighted by molar-refractivity contribution is -0.120. The summed E-state index contributed by atoms with van der Waals surface area (Å²) in [5, 5.41) is 14.4. The molecule has 0 aliphatic rings. The minimum atomic E-state index is -1.02. The van der Waals surface area contributed by atoms with Gasteiger partial charge in [0.1, 0.15) is 5.01 Å². The lowest BCUT2D eigenvalue weighted by atomic mass is 10.0. The number of nitrogens with zero attached hydrogens (tertiary/aromatic N) is 1. The normalized spacial score (nSPS) is 10.1. The van der Waals surface area contributed by atoms with Crippen molar-refractivity contribution in [3.8, 4) is 0 Å². The highest BCUT2D eigenvalue weighted by atomic mass is 32.1. The van der Waals surface area contributed by atoms with Gasteiger partial charge < -0.3 is 10.4 Å². The number of hydrogen-bond donors (Lipinski definition) is 2. The van der Waals surface area contributed by atoms with Gasteiger partial charge in [-0.1, -0.05) is 18.2 Å². The van der Waals surface area contributed by atoms with Crippen molar-refractivity contribution in [1.82, 2.24) is 10.3 Å². The Kier molecular flexibility index (Phi) is 4.25. The summed E-state index contributed by atoms with van der Waals surface area (Å²) in [4.78, 5) is 26.8. The highest BCUT2D eigenvalue weighted by molar-refractivity contribution is 7.09. The van der Waals surface area contributed by atoms with Crippen LogP contribution in [-0.2, 0) is 17.8 Å². The Hall–Kier alpha value is -2.21. The van der Waals surface area contributed by atoms with Crippen LogP contribution in [0, 0.1) is 0 Å². The Bertz CT molecular complexity index is 581.